The predicted molar refractivity (Wildman–Crippen MR) is 147 cm³/mol. The van der Waals surface area contributed by atoms with Gasteiger partial charge in [-0.1, -0.05) is 48.5 Å². The third-order valence-corrected chi connectivity index (χ3v) is 13.9. The van der Waals surface area contributed by atoms with Gasteiger partial charge in [0.25, 0.3) is 0 Å². The first-order valence-corrected chi connectivity index (χ1v) is 15.3. The van der Waals surface area contributed by atoms with Crippen LogP contribution >= 0.6 is 0 Å². The van der Waals surface area contributed by atoms with E-state index in [2.05, 4.69) is 48.5 Å². The van der Waals surface area contributed by atoms with Crippen LogP contribution in [0.1, 0.15) is 120 Å². The second-order valence-corrected chi connectivity index (χ2v) is 16.2. The van der Waals surface area contributed by atoms with Gasteiger partial charge in [-0.3, -0.25) is 14.4 Å². The molecule has 9 atom stereocenters. The van der Waals surface area contributed by atoms with E-state index in [0.29, 0.717) is 24.0 Å². The van der Waals surface area contributed by atoms with Crippen molar-refractivity contribution >= 4 is 17.7 Å². The van der Waals surface area contributed by atoms with Crippen LogP contribution in [-0.4, -0.2) is 30.9 Å². The molecule has 0 amide bonds. The lowest BCUT2D eigenvalue weighted by Crippen LogP contribution is -2.70. The molecule has 5 heteroatoms. The molecule has 0 aromatic heterocycles. The molecule has 5 aliphatic rings. The van der Waals surface area contributed by atoms with Gasteiger partial charge < -0.3 is 9.47 Å². The van der Waals surface area contributed by atoms with Crippen molar-refractivity contribution in [2.24, 2.45) is 56.2 Å². The Morgan fingerprint density at radius 3 is 2.11 bits per heavy atom. The average Bonchev–Trinajstić information content (AvgIpc) is 2.81. The predicted octanol–water partition coefficient (Wildman–Crippen LogP) is 7.15. The highest BCUT2D eigenvalue weighted by molar-refractivity contribution is 5.86. The summed E-state index contributed by atoms with van der Waals surface area (Å²) in [5.41, 5.74) is -0.585. The van der Waals surface area contributed by atoms with Crippen molar-refractivity contribution in [1.82, 2.24) is 0 Å². The second kappa shape index (κ2) is 8.56. The zero-order valence-corrected chi connectivity index (χ0v) is 25.5. The Kier molecular flexibility index (Phi) is 6.34. The number of carbonyl (C=O) groups is 3. The monoisotopic (exact) mass is 528 g/mol. The maximum Gasteiger partial charge on any atom is 0.312 e. The quantitative estimate of drug-likeness (QED) is 0.356. The molecule has 0 aromatic rings. The summed E-state index contributed by atoms with van der Waals surface area (Å²) in [4.78, 5) is 39.9. The number of carbonyl (C=O) groups excluding carboxylic acids is 3. The molecule has 5 fully saturated rings. The van der Waals surface area contributed by atoms with Crippen LogP contribution in [0.15, 0.2) is 0 Å². The highest BCUT2D eigenvalue weighted by Gasteiger charge is 2.73. The Morgan fingerprint density at radius 1 is 0.816 bits per heavy atom. The number of methoxy groups -OCH3 is 1. The van der Waals surface area contributed by atoms with Crippen molar-refractivity contribution in [2.75, 3.05) is 7.11 Å². The van der Waals surface area contributed by atoms with E-state index in [1.54, 1.807) is 0 Å². The van der Waals surface area contributed by atoms with E-state index >= 15 is 0 Å². The molecule has 0 radical (unpaired) electrons. The maximum absolute atomic E-state index is 14.5. The first kappa shape index (κ1) is 28.1. The molecule has 5 nitrogen and oxygen atoms in total. The van der Waals surface area contributed by atoms with Gasteiger partial charge in [0.1, 0.15) is 11.9 Å². The second-order valence-electron chi connectivity index (χ2n) is 16.2. The molecule has 214 valence electrons. The van der Waals surface area contributed by atoms with E-state index < -0.39 is 5.41 Å². The van der Waals surface area contributed by atoms with Crippen molar-refractivity contribution in [1.29, 1.82) is 0 Å². The van der Waals surface area contributed by atoms with Crippen molar-refractivity contribution < 1.29 is 23.9 Å². The molecule has 5 rings (SSSR count). The number of ether oxygens (including phenoxy) is 2. The fourth-order valence-corrected chi connectivity index (χ4v) is 11.7. The van der Waals surface area contributed by atoms with E-state index in [-0.39, 0.29) is 57.0 Å². The van der Waals surface area contributed by atoms with E-state index in [1.807, 2.05) is 0 Å². The summed E-state index contributed by atoms with van der Waals surface area (Å²) in [6, 6.07) is 0. The van der Waals surface area contributed by atoms with Gasteiger partial charge in [0.05, 0.1) is 12.5 Å². The Bertz CT molecular complexity index is 1030. The van der Waals surface area contributed by atoms with Gasteiger partial charge >= 0.3 is 11.9 Å². The molecule has 0 spiro atoms. The summed E-state index contributed by atoms with van der Waals surface area (Å²) in [6.45, 7) is 18.1. The SMILES string of the molecule is COC(=O)C12CCC(C)(C)CC1[C@H]1C(=O)C[C@@H]3[C@@]4(C)CC[C@H](OC(C)=O)C(C)(C)[C@@H]4CC[C@@]3(C)[C@]1(C)CC2. The van der Waals surface area contributed by atoms with Crippen LogP contribution in [0.3, 0.4) is 0 Å². The van der Waals surface area contributed by atoms with Crippen LogP contribution in [0.5, 0.6) is 0 Å². The van der Waals surface area contributed by atoms with Gasteiger partial charge in [0, 0.05) is 24.7 Å². The van der Waals surface area contributed by atoms with E-state index in [0.717, 1.165) is 57.8 Å². The number of Topliss-reactive ketones (excluding diaryl/α,β-unsaturated/α-hetero) is 1. The third-order valence-electron chi connectivity index (χ3n) is 13.9. The molecule has 0 saturated heterocycles. The molecule has 0 aliphatic heterocycles. The molecule has 38 heavy (non-hydrogen) atoms. The summed E-state index contributed by atoms with van der Waals surface area (Å²) in [5, 5.41) is 0. The summed E-state index contributed by atoms with van der Waals surface area (Å²) < 4.78 is 11.3. The largest absolute Gasteiger partial charge is 0.469 e. The Morgan fingerprint density at radius 2 is 1.47 bits per heavy atom. The summed E-state index contributed by atoms with van der Waals surface area (Å²) in [6.07, 6.45) is 9.13. The standard InChI is InChI=1S/C33H52O5/c1-20(34)38-25-11-12-30(6)23(29(25,4)5)10-13-31(7)24(30)18-22(35)26-21-19-28(2,3)14-16-33(21,27(36)37-9)17-15-32(26,31)8/h21,23-26H,10-19H2,1-9H3/t21?,23-,24+,25-,26-,30-,31+,32+,33?/m0/s1. The van der Waals surface area contributed by atoms with Gasteiger partial charge in [-0.15, -0.1) is 0 Å². The summed E-state index contributed by atoms with van der Waals surface area (Å²) in [7, 11) is 1.53. The molecule has 0 aromatic carbocycles. The first-order chi connectivity index (χ1) is 17.5. The van der Waals surface area contributed by atoms with Gasteiger partial charge in [-0.05, 0) is 97.2 Å². The fourth-order valence-electron chi connectivity index (χ4n) is 11.7. The lowest BCUT2D eigenvalue weighted by molar-refractivity contribution is -0.248. The first-order valence-electron chi connectivity index (χ1n) is 15.3. The number of fused-ring (bicyclic) bond motifs is 7. The van der Waals surface area contributed by atoms with Gasteiger partial charge in [0.2, 0.25) is 0 Å². The lowest BCUT2D eigenvalue weighted by Gasteiger charge is -2.72. The topological polar surface area (TPSA) is 69.7 Å². The van der Waals surface area contributed by atoms with Crippen LogP contribution < -0.4 is 0 Å². The minimum atomic E-state index is -0.515. The Hall–Kier alpha value is -1.39. The summed E-state index contributed by atoms with van der Waals surface area (Å²) in [5.74, 6) is 0.815. The average molecular weight is 529 g/mol. The number of hydrogen-bond acceptors (Lipinski definition) is 5. The maximum atomic E-state index is 14.5. The number of esters is 2. The van der Waals surface area contributed by atoms with Crippen LogP contribution in [0.4, 0.5) is 0 Å². The van der Waals surface area contributed by atoms with Crippen molar-refractivity contribution in [2.45, 2.75) is 126 Å². The Balaban J connectivity index is 1.55. The number of ketones is 1. The van der Waals surface area contributed by atoms with Crippen molar-refractivity contribution in [3.05, 3.63) is 0 Å². The number of hydrogen-bond donors (Lipinski definition) is 0. The normalized spacial score (nSPS) is 49.0. The minimum Gasteiger partial charge on any atom is -0.469 e. The molecular weight excluding hydrogens is 476 g/mol. The smallest absolute Gasteiger partial charge is 0.312 e. The van der Waals surface area contributed by atoms with Crippen LogP contribution in [0, 0.1) is 56.2 Å². The third kappa shape index (κ3) is 3.57. The van der Waals surface area contributed by atoms with Crippen molar-refractivity contribution in [3.8, 4) is 0 Å². The highest BCUT2D eigenvalue weighted by atomic mass is 16.5. The van der Waals surface area contributed by atoms with Crippen molar-refractivity contribution in [3.63, 3.8) is 0 Å². The zero-order chi connectivity index (χ0) is 28.1. The zero-order valence-electron chi connectivity index (χ0n) is 25.5. The van der Waals surface area contributed by atoms with E-state index in [9.17, 15) is 14.4 Å². The van der Waals surface area contributed by atoms with E-state index in [1.165, 1.54) is 14.0 Å². The van der Waals surface area contributed by atoms with Gasteiger partial charge in [-0.2, -0.15) is 0 Å². The highest BCUT2D eigenvalue weighted by Crippen LogP contribution is 2.76. The lowest BCUT2D eigenvalue weighted by atomic mass is 9.31. The van der Waals surface area contributed by atoms with Crippen LogP contribution in [0.25, 0.3) is 0 Å². The van der Waals surface area contributed by atoms with Gasteiger partial charge in [0.15, 0.2) is 0 Å². The fraction of sp³-hybridized carbons (Fsp3) is 0.909. The molecule has 2 unspecified atom stereocenters. The van der Waals surface area contributed by atoms with E-state index in [4.69, 9.17) is 9.47 Å². The number of rotatable bonds is 2. The minimum absolute atomic E-state index is 0.0273. The van der Waals surface area contributed by atoms with Gasteiger partial charge in [-0.25, -0.2) is 0 Å². The molecule has 5 saturated carbocycles. The van der Waals surface area contributed by atoms with Crippen LogP contribution in [-0.2, 0) is 23.9 Å². The Labute approximate surface area is 230 Å². The molecular formula is C33H52O5. The molecule has 0 N–H and O–H groups in total. The summed E-state index contributed by atoms with van der Waals surface area (Å²) >= 11 is 0. The molecule has 5 aliphatic carbocycles. The van der Waals surface area contributed by atoms with Crippen LogP contribution in [0.2, 0.25) is 0 Å². The molecule has 0 heterocycles. The molecule has 0 bridgehead atoms.